The summed E-state index contributed by atoms with van der Waals surface area (Å²) in [6.07, 6.45) is 0. The summed E-state index contributed by atoms with van der Waals surface area (Å²) in [5, 5.41) is 0. The van der Waals surface area contributed by atoms with Gasteiger partial charge in [-0.05, 0) is 12.1 Å². The molecular formula is C18H17NO3. The van der Waals surface area contributed by atoms with Gasteiger partial charge < -0.3 is 13.9 Å². The van der Waals surface area contributed by atoms with Crippen LogP contribution in [0.15, 0.2) is 52.9 Å². The Kier molecular flexibility index (Phi) is 3.83. The lowest BCUT2D eigenvalue weighted by atomic mass is 10.0. The zero-order chi connectivity index (χ0) is 15.5. The minimum atomic E-state index is 0.599. The molecule has 1 heterocycles. The summed E-state index contributed by atoms with van der Waals surface area (Å²) < 4.78 is 16.8. The molecule has 0 N–H and O–H groups in total. The Bertz CT molecular complexity index is 756. The van der Waals surface area contributed by atoms with Crippen LogP contribution in [0.5, 0.6) is 11.5 Å². The van der Waals surface area contributed by atoms with Crippen LogP contribution in [-0.2, 0) is 0 Å². The summed E-state index contributed by atoms with van der Waals surface area (Å²) in [5.41, 5.74) is 2.48. The maximum atomic E-state index is 5.83. The molecule has 1 aromatic heterocycles. The van der Waals surface area contributed by atoms with E-state index in [-0.39, 0.29) is 0 Å². The molecule has 0 saturated carbocycles. The lowest BCUT2D eigenvalue weighted by Crippen LogP contribution is -1.94. The third-order valence-electron chi connectivity index (χ3n) is 3.43. The first-order valence-corrected chi connectivity index (χ1v) is 6.98. The Morgan fingerprint density at radius 1 is 0.864 bits per heavy atom. The van der Waals surface area contributed by atoms with E-state index in [1.807, 2.05) is 55.5 Å². The number of ether oxygens (including phenoxy) is 2. The minimum Gasteiger partial charge on any atom is -0.496 e. The molecule has 22 heavy (non-hydrogen) atoms. The van der Waals surface area contributed by atoms with Crippen molar-refractivity contribution in [2.75, 3.05) is 14.2 Å². The highest BCUT2D eigenvalue weighted by atomic mass is 16.5. The summed E-state index contributed by atoms with van der Waals surface area (Å²) >= 11 is 0. The number of aryl methyl sites for hydroxylation is 1. The van der Waals surface area contributed by atoms with Gasteiger partial charge in [-0.3, -0.25) is 0 Å². The van der Waals surface area contributed by atoms with Gasteiger partial charge in [0, 0.05) is 12.5 Å². The molecule has 4 nitrogen and oxygen atoms in total. The standard InChI is InChI=1S/C18H17NO3/c1-12-19-17(18(22-12)13-8-5-4-6-9-13)16-14(20-2)10-7-11-15(16)21-3/h4-11H,1-3H3. The number of rotatable bonds is 4. The SMILES string of the molecule is COc1cccc(OC)c1-c1nc(C)oc1-c1ccccc1. The van der Waals surface area contributed by atoms with Crippen molar-refractivity contribution < 1.29 is 13.9 Å². The molecule has 3 rings (SSSR count). The molecule has 2 aromatic carbocycles. The molecule has 3 aromatic rings. The van der Waals surface area contributed by atoms with Crippen molar-refractivity contribution in [3.63, 3.8) is 0 Å². The quantitative estimate of drug-likeness (QED) is 0.718. The predicted octanol–water partition coefficient (Wildman–Crippen LogP) is 4.33. The first-order chi connectivity index (χ1) is 10.7. The van der Waals surface area contributed by atoms with Gasteiger partial charge >= 0.3 is 0 Å². The van der Waals surface area contributed by atoms with E-state index in [1.54, 1.807) is 14.2 Å². The monoisotopic (exact) mass is 295 g/mol. The molecule has 4 heteroatoms. The zero-order valence-electron chi connectivity index (χ0n) is 12.8. The maximum absolute atomic E-state index is 5.83. The number of benzene rings is 2. The number of methoxy groups -OCH3 is 2. The normalized spacial score (nSPS) is 10.5. The highest BCUT2D eigenvalue weighted by Crippen LogP contribution is 2.42. The van der Waals surface area contributed by atoms with Gasteiger partial charge in [-0.2, -0.15) is 0 Å². The molecule has 0 atom stereocenters. The number of aromatic nitrogens is 1. The van der Waals surface area contributed by atoms with Gasteiger partial charge in [0.25, 0.3) is 0 Å². The molecule has 0 radical (unpaired) electrons. The van der Waals surface area contributed by atoms with E-state index in [4.69, 9.17) is 13.9 Å². The fraction of sp³-hybridized carbons (Fsp3) is 0.167. The van der Waals surface area contributed by atoms with E-state index < -0.39 is 0 Å². The summed E-state index contributed by atoms with van der Waals surface area (Å²) in [6.45, 7) is 1.83. The van der Waals surface area contributed by atoms with Crippen molar-refractivity contribution in [1.82, 2.24) is 4.98 Å². The van der Waals surface area contributed by atoms with Crippen molar-refractivity contribution in [3.05, 3.63) is 54.4 Å². The first-order valence-electron chi connectivity index (χ1n) is 6.98. The number of oxazole rings is 1. The molecule has 0 unspecified atom stereocenters. The van der Waals surface area contributed by atoms with Crippen molar-refractivity contribution >= 4 is 0 Å². The number of hydrogen-bond donors (Lipinski definition) is 0. The second-order valence-corrected chi connectivity index (χ2v) is 4.81. The van der Waals surface area contributed by atoms with Crippen molar-refractivity contribution in [2.45, 2.75) is 6.92 Å². The lowest BCUT2D eigenvalue weighted by molar-refractivity contribution is 0.397. The summed E-state index contributed by atoms with van der Waals surface area (Å²) in [5.74, 6) is 2.71. The van der Waals surface area contributed by atoms with Crippen LogP contribution in [-0.4, -0.2) is 19.2 Å². The second kappa shape index (κ2) is 5.93. The molecule has 0 saturated heterocycles. The van der Waals surface area contributed by atoms with Crippen LogP contribution in [0.1, 0.15) is 5.89 Å². The molecule has 0 aliphatic carbocycles. The van der Waals surface area contributed by atoms with Crippen LogP contribution in [0.4, 0.5) is 0 Å². The van der Waals surface area contributed by atoms with E-state index >= 15 is 0 Å². The molecular weight excluding hydrogens is 278 g/mol. The van der Waals surface area contributed by atoms with Crippen molar-refractivity contribution in [2.24, 2.45) is 0 Å². The molecule has 0 fully saturated rings. The fourth-order valence-corrected chi connectivity index (χ4v) is 2.47. The molecule has 0 aliphatic rings. The maximum Gasteiger partial charge on any atom is 0.192 e. The lowest BCUT2D eigenvalue weighted by Gasteiger charge is -2.12. The van der Waals surface area contributed by atoms with Crippen LogP contribution >= 0.6 is 0 Å². The minimum absolute atomic E-state index is 0.599. The van der Waals surface area contributed by atoms with E-state index in [0.717, 1.165) is 16.8 Å². The van der Waals surface area contributed by atoms with Crippen LogP contribution in [0.3, 0.4) is 0 Å². The van der Waals surface area contributed by atoms with Gasteiger partial charge in [0.05, 0.1) is 19.8 Å². The predicted molar refractivity (Wildman–Crippen MR) is 85.2 cm³/mol. The largest absolute Gasteiger partial charge is 0.496 e. The molecule has 0 spiro atoms. The zero-order valence-corrected chi connectivity index (χ0v) is 12.8. The van der Waals surface area contributed by atoms with Gasteiger partial charge in [0.1, 0.15) is 17.2 Å². The topological polar surface area (TPSA) is 44.5 Å². The Morgan fingerprint density at radius 2 is 1.50 bits per heavy atom. The average molecular weight is 295 g/mol. The summed E-state index contributed by atoms with van der Waals surface area (Å²) in [4.78, 5) is 4.55. The van der Waals surface area contributed by atoms with Gasteiger partial charge in [-0.15, -0.1) is 0 Å². The Hall–Kier alpha value is -2.75. The first kappa shape index (κ1) is 14.2. The van der Waals surface area contributed by atoms with E-state index in [2.05, 4.69) is 4.98 Å². The average Bonchev–Trinajstić information content (AvgIpc) is 2.96. The number of nitrogens with zero attached hydrogens (tertiary/aromatic N) is 1. The third kappa shape index (κ3) is 2.44. The van der Waals surface area contributed by atoms with Gasteiger partial charge in [-0.1, -0.05) is 36.4 Å². The smallest absolute Gasteiger partial charge is 0.192 e. The van der Waals surface area contributed by atoms with Crippen molar-refractivity contribution in [1.29, 1.82) is 0 Å². The van der Waals surface area contributed by atoms with Gasteiger partial charge in [0.2, 0.25) is 0 Å². The summed E-state index contributed by atoms with van der Waals surface area (Å²) in [6, 6.07) is 15.5. The van der Waals surface area contributed by atoms with Crippen molar-refractivity contribution in [3.8, 4) is 34.1 Å². The Morgan fingerprint density at radius 3 is 2.09 bits per heavy atom. The third-order valence-corrected chi connectivity index (χ3v) is 3.43. The number of hydrogen-bond acceptors (Lipinski definition) is 4. The van der Waals surface area contributed by atoms with Crippen LogP contribution in [0, 0.1) is 6.92 Å². The highest BCUT2D eigenvalue weighted by Gasteiger charge is 2.22. The molecule has 0 amide bonds. The van der Waals surface area contributed by atoms with E-state index in [0.29, 0.717) is 23.1 Å². The van der Waals surface area contributed by atoms with Crippen LogP contribution in [0.25, 0.3) is 22.6 Å². The molecule has 0 bridgehead atoms. The van der Waals surface area contributed by atoms with E-state index in [9.17, 15) is 0 Å². The highest BCUT2D eigenvalue weighted by molar-refractivity contribution is 5.84. The molecule has 112 valence electrons. The fourth-order valence-electron chi connectivity index (χ4n) is 2.47. The second-order valence-electron chi connectivity index (χ2n) is 4.81. The van der Waals surface area contributed by atoms with E-state index in [1.165, 1.54) is 0 Å². The Labute approximate surface area is 129 Å². The van der Waals surface area contributed by atoms with Crippen LogP contribution in [0.2, 0.25) is 0 Å². The van der Waals surface area contributed by atoms with Gasteiger partial charge in [-0.25, -0.2) is 4.98 Å². The Balaban J connectivity index is 2.26. The van der Waals surface area contributed by atoms with Crippen LogP contribution < -0.4 is 9.47 Å². The van der Waals surface area contributed by atoms with Gasteiger partial charge in [0.15, 0.2) is 11.7 Å². The molecule has 0 aliphatic heterocycles. The summed E-state index contributed by atoms with van der Waals surface area (Å²) in [7, 11) is 3.26.